The summed E-state index contributed by atoms with van der Waals surface area (Å²) in [6, 6.07) is 11.0. The second-order valence-electron chi connectivity index (χ2n) is 6.84. The Labute approximate surface area is 168 Å². The zero-order valence-corrected chi connectivity index (χ0v) is 16.2. The van der Waals surface area contributed by atoms with Crippen molar-refractivity contribution in [2.75, 3.05) is 25.2 Å². The number of hydrogen-bond acceptors (Lipinski definition) is 4. The molecule has 27 heavy (non-hydrogen) atoms. The Bertz CT molecular complexity index is 851. The van der Waals surface area contributed by atoms with E-state index in [1.807, 2.05) is 24.3 Å². The summed E-state index contributed by atoms with van der Waals surface area (Å²) in [5, 5.41) is 4.32. The molecule has 2 heterocycles. The zero-order valence-electron chi connectivity index (χ0n) is 14.7. The third kappa shape index (κ3) is 4.32. The van der Waals surface area contributed by atoms with E-state index in [1.54, 1.807) is 12.1 Å². The van der Waals surface area contributed by atoms with Gasteiger partial charge in [-0.15, -0.1) is 0 Å². The molecule has 0 bridgehead atoms. The molecule has 0 aliphatic carbocycles. The van der Waals surface area contributed by atoms with Crippen LogP contribution in [0, 0.1) is 5.92 Å². The third-order valence-corrected chi connectivity index (χ3v) is 5.59. The van der Waals surface area contributed by atoms with E-state index < -0.39 is 0 Å². The first-order chi connectivity index (χ1) is 13.1. The average molecular weight is 407 g/mol. The molecular weight excluding hydrogens is 387 g/mol. The summed E-state index contributed by atoms with van der Waals surface area (Å²) in [4.78, 5) is 14.9. The van der Waals surface area contributed by atoms with Gasteiger partial charge in [-0.05, 0) is 55.8 Å². The number of likely N-dealkylation sites (tertiary alicyclic amines) is 1. The van der Waals surface area contributed by atoms with E-state index >= 15 is 0 Å². The summed E-state index contributed by atoms with van der Waals surface area (Å²) < 4.78 is 10.6. The van der Waals surface area contributed by atoms with Gasteiger partial charge in [0.25, 0.3) is 0 Å². The predicted molar refractivity (Wildman–Crippen MR) is 106 cm³/mol. The minimum atomic E-state index is 0.00682. The minimum Gasteiger partial charge on any atom is -0.454 e. The molecule has 142 valence electrons. The first-order valence-electron chi connectivity index (χ1n) is 8.95. The van der Waals surface area contributed by atoms with Crippen molar-refractivity contribution in [2.45, 2.75) is 19.4 Å². The lowest BCUT2D eigenvalue weighted by Crippen LogP contribution is -2.37. The number of carbonyl (C=O) groups excluding carboxylic acids is 1. The summed E-state index contributed by atoms with van der Waals surface area (Å²) in [6.07, 6.45) is 1.64. The van der Waals surface area contributed by atoms with Gasteiger partial charge in [0.1, 0.15) is 0 Å². The summed E-state index contributed by atoms with van der Waals surface area (Å²) in [6.45, 7) is 2.71. The molecule has 0 aromatic heterocycles. The van der Waals surface area contributed by atoms with Gasteiger partial charge in [0.2, 0.25) is 12.7 Å². The van der Waals surface area contributed by atoms with Crippen LogP contribution in [-0.2, 0) is 11.3 Å². The molecule has 1 amide bonds. The number of ether oxygens (including phenoxy) is 2. The molecule has 0 radical (unpaired) electrons. The smallest absolute Gasteiger partial charge is 0.231 e. The lowest BCUT2D eigenvalue weighted by Gasteiger charge is -2.31. The number of halogens is 2. The average Bonchev–Trinajstić information content (AvgIpc) is 3.12. The highest BCUT2D eigenvalue weighted by Gasteiger charge is 2.26. The molecule has 1 saturated heterocycles. The van der Waals surface area contributed by atoms with Crippen LogP contribution < -0.4 is 14.8 Å². The van der Waals surface area contributed by atoms with Gasteiger partial charge in [-0.1, -0.05) is 29.3 Å². The first kappa shape index (κ1) is 18.4. The van der Waals surface area contributed by atoms with E-state index in [-0.39, 0.29) is 18.6 Å². The summed E-state index contributed by atoms with van der Waals surface area (Å²) in [5.41, 5.74) is 1.80. The van der Waals surface area contributed by atoms with Gasteiger partial charge in [-0.3, -0.25) is 9.69 Å². The Morgan fingerprint density at radius 2 is 1.85 bits per heavy atom. The van der Waals surface area contributed by atoms with E-state index in [1.165, 1.54) is 0 Å². The molecular formula is C20H20Cl2N2O3. The molecule has 1 N–H and O–H groups in total. The summed E-state index contributed by atoms with van der Waals surface area (Å²) in [5.74, 6) is 1.44. The number of amides is 1. The maximum absolute atomic E-state index is 12.6. The van der Waals surface area contributed by atoms with Crippen LogP contribution in [0.3, 0.4) is 0 Å². The highest BCUT2D eigenvalue weighted by atomic mass is 35.5. The fraction of sp³-hybridized carbons (Fsp3) is 0.350. The fourth-order valence-electron chi connectivity index (χ4n) is 3.46. The SMILES string of the molecule is O=C(Nc1ccc2c(c1)OCO2)C1CCN(Cc2ccc(Cl)cc2Cl)CC1. The van der Waals surface area contributed by atoms with Gasteiger partial charge in [0.05, 0.1) is 0 Å². The van der Waals surface area contributed by atoms with Crippen LogP contribution in [-0.4, -0.2) is 30.7 Å². The topological polar surface area (TPSA) is 50.8 Å². The van der Waals surface area contributed by atoms with Crippen LogP contribution in [0.5, 0.6) is 11.5 Å². The second-order valence-corrected chi connectivity index (χ2v) is 7.69. The fourth-order valence-corrected chi connectivity index (χ4v) is 3.93. The van der Waals surface area contributed by atoms with Gasteiger partial charge < -0.3 is 14.8 Å². The molecule has 0 unspecified atom stereocenters. The lowest BCUT2D eigenvalue weighted by atomic mass is 9.95. The quantitative estimate of drug-likeness (QED) is 0.807. The molecule has 2 aromatic carbocycles. The number of carbonyl (C=O) groups is 1. The number of nitrogens with one attached hydrogen (secondary N) is 1. The highest BCUT2D eigenvalue weighted by molar-refractivity contribution is 6.35. The molecule has 1 fully saturated rings. The maximum atomic E-state index is 12.6. The Balaban J connectivity index is 1.30. The van der Waals surface area contributed by atoms with Crippen LogP contribution in [0.4, 0.5) is 5.69 Å². The van der Waals surface area contributed by atoms with E-state index in [0.717, 1.165) is 43.7 Å². The van der Waals surface area contributed by atoms with Gasteiger partial charge in [0, 0.05) is 34.3 Å². The van der Waals surface area contributed by atoms with E-state index in [0.29, 0.717) is 21.5 Å². The molecule has 0 saturated carbocycles. The largest absolute Gasteiger partial charge is 0.454 e. The van der Waals surface area contributed by atoms with Crippen molar-refractivity contribution >= 4 is 34.8 Å². The van der Waals surface area contributed by atoms with Gasteiger partial charge in [-0.2, -0.15) is 0 Å². The first-order valence-corrected chi connectivity index (χ1v) is 9.71. The van der Waals surface area contributed by atoms with Gasteiger partial charge in [-0.25, -0.2) is 0 Å². The molecule has 5 nitrogen and oxygen atoms in total. The molecule has 0 atom stereocenters. The number of piperidine rings is 1. The van der Waals surface area contributed by atoms with Gasteiger partial charge in [0.15, 0.2) is 11.5 Å². The van der Waals surface area contributed by atoms with Crippen molar-refractivity contribution in [3.63, 3.8) is 0 Å². The van der Waals surface area contributed by atoms with Crippen LogP contribution in [0.15, 0.2) is 36.4 Å². The normalized spacial score (nSPS) is 17.1. The minimum absolute atomic E-state index is 0.00682. The molecule has 0 spiro atoms. The Hall–Kier alpha value is -1.95. The maximum Gasteiger partial charge on any atom is 0.231 e. The van der Waals surface area contributed by atoms with Crippen molar-refractivity contribution in [3.05, 3.63) is 52.0 Å². The Morgan fingerprint density at radius 1 is 1.07 bits per heavy atom. The summed E-state index contributed by atoms with van der Waals surface area (Å²) >= 11 is 12.2. The summed E-state index contributed by atoms with van der Waals surface area (Å²) in [7, 11) is 0. The van der Waals surface area contributed by atoms with Crippen LogP contribution >= 0.6 is 23.2 Å². The van der Waals surface area contributed by atoms with E-state index in [4.69, 9.17) is 32.7 Å². The van der Waals surface area contributed by atoms with Crippen molar-refractivity contribution in [3.8, 4) is 11.5 Å². The number of nitrogens with zero attached hydrogens (tertiary/aromatic N) is 1. The van der Waals surface area contributed by atoms with Crippen molar-refractivity contribution in [2.24, 2.45) is 5.92 Å². The Kier molecular flexibility index (Phi) is 5.43. The number of fused-ring (bicyclic) bond motifs is 1. The predicted octanol–water partition coefficient (Wildman–Crippen LogP) is 4.57. The van der Waals surface area contributed by atoms with Crippen molar-refractivity contribution in [1.82, 2.24) is 4.90 Å². The molecule has 2 aromatic rings. The van der Waals surface area contributed by atoms with Crippen molar-refractivity contribution in [1.29, 1.82) is 0 Å². The number of rotatable bonds is 4. The monoisotopic (exact) mass is 406 g/mol. The van der Waals surface area contributed by atoms with Crippen LogP contribution in [0.25, 0.3) is 0 Å². The third-order valence-electron chi connectivity index (χ3n) is 5.01. The van der Waals surface area contributed by atoms with Gasteiger partial charge >= 0.3 is 0 Å². The second kappa shape index (κ2) is 7.97. The molecule has 2 aliphatic heterocycles. The number of hydrogen-bond donors (Lipinski definition) is 1. The Morgan fingerprint density at radius 3 is 2.63 bits per heavy atom. The standard InChI is InChI=1S/C20H20Cl2N2O3/c21-15-2-1-14(17(22)9-15)11-24-7-5-13(6-8-24)20(25)23-16-3-4-18-19(10-16)27-12-26-18/h1-4,9-10,13H,5-8,11-12H2,(H,23,25). The lowest BCUT2D eigenvalue weighted by molar-refractivity contribution is -0.121. The highest BCUT2D eigenvalue weighted by Crippen LogP contribution is 2.34. The van der Waals surface area contributed by atoms with Crippen LogP contribution in [0.1, 0.15) is 18.4 Å². The van der Waals surface area contributed by atoms with Crippen molar-refractivity contribution < 1.29 is 14.3 Å². The molecule has 7 heteroatoms. The molecule has 4 rings (SSSR count). The zero-order chi connectivity index (χ0) is 18.8. The number of benzene rings is 2. The van der Waals surface area contributed by atoms with E-state index in [9.17, 15) is 4.79 Å². The van der Waals surface area contributed by atoms with E-state index in [2.05, 4.69) is 10.2 Å². The van der Waals surface area contributed by atoms with Crippen LogP contribution in [0.2, 0.25) is 10.0 Å². The number of anilines is 1. The molecule has 2 aliphatic rings.